The van der Waals surface area contributed by atoms with Gasteiger partial charge in [0.05, 0.1) is 22.0 Å². The van der Waals surface area contributed by atoms with E-state index in [9.17, 15) is 18.0 Å². The summed E-state index contributed by atoms with van der Waals surface area (Å²) in [5, 5.41) is 3.77. The van der Waals surface area contributed by atoms with E-state index in [1.165, 1.54) is 29.2 Å². The Balaban J connectivity index is 2.43. The Morgan fingerprint density at radius 2 is 1.67 bits per heavy atom. The van der Waals surface area contributed by atoms with Crippen molar-refractivity contribution in [3.63, 3.8) is 0 Å². The first-order chi connectivity index (χ1) is 15.3. The second kappa shape index (κ2) is 11.6. The molecule has 0 aromatic heterocycles. The maximum atomic E-state index is 13.4. The first-order valence-corrected chi connectivity index (χ1v) is 13.1. The van der Waals surface area contributed by atoms with Gasteiger partial charge in [0, 0.05) is 23.1 Å². The summed E-state index contributed by atoms with van der Waals surface area (Å²) in [6, 6.07) is 8.10. The number of rotatable bonds is 9. The summed E-state index contributed by atoms with van der Waals surface area (Å²) in [7, 11) is -3.88. The fourth-order valence-corrected chi connectivity index (χ4v) is 4.59. The zero-order valence-electron chi connectivity index (χ0n) is 18.1. The van der Waals surface area contributed by atoms with Gasteiger partial charge in [-0.1, -0.05) is 52.5 Å². The van der Waals surface area contributed by atoms with E-state index in [4.69, 9.17) is 46.4 Å². The van der Waals surface area contributed by atoms with E-state index in [1.807, 2.05) is 0 Å². The monoisotopic (exact) mass is 553 g/mol. The Morgan fingerprint density at radius 3 is 2.21 bits per heavy atom. The van der Waals surface area contributed by atoms with Gasteiger partial charge < -0.3 is 10.2 Å². The van der Waals surface area contributed by atoms with Crippen molar-refractivity contribution in [2.24, 2.45) is 0 Å². The topological polar surface area (TPSA) is 86.8 Å². The van der Waals surface area contributed by atoms with Gasteiger partial charge in [0.1, 0.15) is 12.6 Å². The van der Waals surface area contributed by atoms with E-state index in [0.29, 0.717) is 22.2 Å². The molecule has 33 heavy (non-hydrogen) atoms. The molecule has 0 aliphatic heterocycles. The molecule has 1 unspecified atom stereocenters. The lowest BCUT2D eigenvalue weighted by molar-refractivity contribution is -0.139. The summed E-state index contributed by atoms with van der Waals surface area (Å²) in [5.74, 6) is -1.01. The van der Waals surface area contributed by atoms with E-state index in [1.54, 1.807) is 26.0 Å². The van der Waals surface area contributed by atoms with Gasteiger partial charge in [-0.15, -0.1) is 0 Å². The zero-order chi connectivity index (χ0) is 24.9. The molecule has 7 nitrogen and oxygen atoms in total. The lowest BCUT2D eigenvalue weighted by atomic mass is 10.1. The largest absolute Gasteiger partial charge is 0.355 e. The Hall–Kier alpha value is -1.71. The van der Waals surface area contributed by atoms with Crippen LogP contribution in [0.2, 0.25) is 20.1 Å². The number of halogens is 4. The molecule has 0 aliphatic rings. The van der Waals surface area contributed by atoms with E-state index in [-0.39, 0.29) is 22.3 Å². The van der Waals surface area contributed by atoms with Crippen molar-refractivity contribution in [3.05, 3.63) is 62.1 Å². The summed E-state index contributed by atoms with van der Waals surface area (Å²) in [6.45, 7) is 3.07. The molecular formula is C21H23Cl4N3O4S. The molecular weight excluding hydrogens is 532 g/mol. The lowest BCUT2D eigenvalue weighted by Gasteiger charge is -2.31. The summed E-state index contributed by atoms with van der Waals surface area (Å²) >= 11 is 24.2. The molecule has 0 heterocycles. The number of amides is 2. The van der Waals surface area contributed by atoms with Crippen LogP contribution in [0.25, 0.3) is 0 Å². The van der Waals surface area contributed by atoms with E-state index in [2.05, 4.69) is 5.32 Å². The second-order valence-electron chi connectivity index (χ2n) is 7.20. The molecule has 0 spiro atoms. The van der Waals surface area contributed by atoms with Crippen LogP contribution >= 0.6 is 46.4 Å². The molecule has 180 valence electrons. The van der Waals surface area contributed by atoms with Gasteiger partial charge in [-0.2, -0.15) is 0 Å². The van der Waals surface area contributed by atoms with Crippen LogP contribution in [0.15, 0.2) is 36.4 Å². The van der Waals surface area contributed by atoms with Crippen LogP contribution in [-0.4, -0.2) is 50.5 Å². The minimum atomic E-state index is -3.88. The normalized spacial score (nSPS) is 12.2. The number of benzene rings is 2. The molecule has 2 rings (SSSR count). The van der Waals surface area contributed by atoms with Gasteiger partial charge in [0.15, 0.2) is 0 Å². The first-order valence-electron chi connectivity index (χ1n) is 9.79. The van der Waals surface area contributed by atoms with Crippen LogP contribution in [0.5, 0.6) is 0 Å². The van der Waals surface area contributed by atoms with Crippen molar-refractivity contribution >= 4 is 73.9 Å². The Bertz CT molecular complexity index is 1140. The molecule has 0 saturated carbocycles. The number of anilines is 1. The van der Waals surface area contributed by atoms with Gasteiger partial charge in [-0.3, -0.25) is 13.9 Å². The molecule has 1 atom stereocenters. The highest BCUT2D eigenvalue weighted by Crippen LogP contribution is 2.29. The van der Waals surface area contributed by atoms with Gasteiger partial charge >= 0.3 is 0 Å². The molecule has 2 aromatic rings. The van der Waals surface area contributed by atoms with Gasteiger partial charge in [-0.05, 0) is 49.7 Å². The first kappa shape index (κ1) is 27.5. The molecule has 0 bridgehead atoms. The van der Waals surface area contributed by atoms with Crippen LogP contribution in [0.1, 0.15) is 19.4 Å². The van der Waals surface area contributed by atoms with Gasteiger partial charge in [0.25, 0.3) is 0 Å². The number of hydrogen-bond donors (Lipinski definition) is 1. The summed E-state index contributed by atoms with van der Waals surface area (Å²) in [4.78, 5) is 27.2. The minimum absolute atomic E-state index is 0.0356. The molecule has 0 fully saturated rings. The van der Waals surface area contributed by atoms with Crippen molar-refractivity contribution in [3.8, 4) is 0 Å². The van der Waals surface area contributed by atoms with Crippen molar-refractivity contribution < 1.29 is 18.0 Å². The average Bonchev–Trinajstić information content (AvgIpc) is 2.72. The Morgan fingerprint density at radius 1 is 1.00 bits per heavy atom. The molecule has 12 heteroatoms. The van der Waals surface area contributed by atoms with Crippen LogP contribution in [-0.2, 0) is 26.2 Å². The molecule has 2 amide bonds. The van der Waals surface area contributed by atoms with E-state index in [0.717, 1.165) is 10.6 Å². The quantitative estimate of drug-likeness (QED) is 0.490. The van der Waals surface area contributed by atoms with Gasteiger partial charge in [0.2, 0.25) is 21.8 Å². The standard InChI is InChI=1S/C21H23Cl4N3O4S/c1-4-26-21(30)13(2)27(11-14-5-6-15(22)9-18(14)24)20(29)12-28(33(3,31)32)16-7-8-17(23)19(25)10-16/h5-10,13H,4,11-12H2,1-3H3,(H,26,30). The van der Waals surface area contributed by atoms with Crippen LogP contribution in [0.3, 0.4) is 0 Å². The Labute approximate surface area is 213 Å². The van der Waals surface area contributed by atoms with Crippen molar-refractivity contribution in [1.82, 2.24) is 10.2 Å². The molecule has 1 N–H and O–H groups in total. The number of nitrogens with one attached hydrogen (secondary N) is 1. The molecule has 0 radical (unpaired) electrons. The van der Waals surface area contributed by atoms with Crippen molar-refractivity contribution in [2.75, 3.05) is 23.7 Å². The zero-order valence-corrected chi connectivity index (χ0v) is 22.0. The molecule has 2 aromatic carbocycles. The number of hydrogen-bond acceptors (Lipinski definition) is 4. The lowest BCUT2D eigenvalue weighted by Crippen LogP contribution is -2.51. The number of sulfonamides is 1. The number of carbonyl (C=O) groups is 2. The van der Waals surface area contributed by atoms with E-state index < -0.39 is 34.4 Å². The highest BCUT2D eigenvalue weighted by Gasteiger charge is 2.30. The third kappa shape index (κ3) is 7.39. The van der Waals surface area contributed by atoms with Crippen LogP contribution < -0.4 is 9.62 Å². The smallest absolute Gasteiger partial charge is 0.244 e. The maximum Gasteiger partial charge on any atom is 0.244 e. The number of likely N-dealkylation sites (N-methyl/N-ethyl adjacent to an activating group) is 1. The maximum absolute atomic E-state index is 13.4. The summed E-state index contributed by atoms with van der Waals surface area (Å²) in [5.41, 5.74) is 0.710. The summed E-state index contributed by atoms with van der Waals surface area (Å²) < 4.78 is 25.9. The predicted octanol–water partition coefficient (Wildman–Crippen LogP) is 4.62. The SMILES string of the molecule is CCNC(=O)C(C)N(Cc1ccc(Cl)cc1Cl)C(=O)CN(c1ccc(Cl)c(Cl)c1)S(C)(=O)=O. The van der Waals surface area contributed by atoms with Crippen LogP contribution in [0.4, 0.5) is 5.69 Å². The summed E-state index contributed by atoms with van der Waals surface area (Å²) in [6.07, 6.45) is 0.969. The predicted molar refractivity (Wildman–Crippen MR) is 134 cm³/mol. The average molecular weight is 555 g/mol. The highest BCUT2D eigenvalue weighted by atomic mass is 35.5. The Kier molecular flexibility index (Phi) is 9.70. The molecule has 0 saturated heterocycles. The van der Waals surface area contributed by atoms with E-state index >= 15 is 0 Å². The molecule has 0 aliphatic carbocycles. The second-order valence-corrected chi connectivity index (χ2v) is 10.8. The third-order valence-corrected chi connectivity index (χ3v) is 7.21. The fraction of sp³-hybridized carbons (Fsp3) is 0.333. The third-order valence-electron chi connectivity index (χ3n) is 4.74. The fourth-order valence-electron chi connectivity index (χ4n) is 2.99. The van der Waals surface area contributed by atoms with Gasteiger partial charge in [-0.25, -0.2) is 8.42 Å². The minimum Gasteiger partial charge on any atom is -0.355 e. The number of nitrogens with zero attached hydrogens (tertiary/aromatic N) is 2. The van der Waals surface area contributed by atoms with Crippen molar-refractivity contribution in [2.45, 2.75) is 26.4 Å². The van der Waals surface area contributed by atoms with Crippen LogP contribution in [0, 0.1) is 0 Å². The number of carbonyl (C=O) groups excluding carboxylic acids is 2. The highest BCUT2D eigenvalue weighted by molar-refractivity contribution is 7.92. The van der Waals surface area contributed by atoms with Crippen molar-refractivity contribution in [1.29, 1.82) is 0 Å².